The average Bonchev–Trinajstić information content (AvgIpc) is 2.82. The van der Waals surface area contributed by atoms with Crippen LogP contribution in [0.1, 0.15) is 16.8 Å². The SMILES string of the molecule is CNCCc1cn(Cc2ccc(S(N)(=O)=O)c(C)c2)nn1. The summed E-state index contributed by atoms with van der Waals surface area (Å²) in [6.45, 7) is 3.11. The maximum atomic E-state index is 11.4. The highest BCUT2D eigenvalue weighted by Crippen LogP contribution is 2.16. The number of aryl methyl sites for hydroxylation is 1. The number of hydrogen-bond acceptors (Lipinski definition) is 5. The van der Waals surface area contributed by atoms with Crippen LogP contribution in [0.4, 0.5) is 0 Å². The third kappa shape index (κ3) is 4.10. The number of nitrogens with two attached hydrogens (primary N) is 1. The predicted molar refractivity (Wildman–Crippen MR) is 79.3 cm³/mol. The van der Waals surface area contributed by atoms with E-state index in [0.717, 1.165) is 24.2 Å². The number of rotatable bonds is 6. The van der Waals surface area contributed by atoms with E-state index in [2.05, 4.69) is 15.6 Å². The molecule has 0 saturated heterocycles. The minimum Gasteiger partial charge on any atom is -0.319 e. The van der Waals surface area contributed by atoms with E-state index in [-0.39, 0.29) is 4.90 Å². The summed E-state index contributed by atoms with van der Waals surface area (Å²) in [6, 6.07) is 5.06. The molecular weight excluding hydrogens is 290 g/mol. The van der Waals surface area contributed by atoms with E-state index in [0.29, 0.717) is 12.1 Å². The molecule has 1 heterocycles. The summed E-state index contributed by atoms with van der Waals surface area (Å²) in [5.41, 5.74) is 2.50. The summed E-state index contributed by atoms with van der Waals surface area (Å²) in [6.07, 6.45) is 2.71. The Bertz CT molecular complexity index is 724. The highest BCUT2D eigenvalue weighted by atomic mass is 32.2. The molecule has 1 aromatic heterocycles. The van der Waals surface area contributed by atoms with Gasteiger partial charge in [-0.25, -0.2) is 18.2 Å². The zero-order valence-electron chi connectivity index (χ0n) is 12.1. The van der Waals surface area contributed by atoms with Gasteiger partial charge in [-0.15, -0.1) is 5.10 Å². The van der Waals surface area contributed by atoms with Crippen LogP contribution in [0.25, 0.3) is 0 Å². The predicted octanol–water partition coefficient (Wildman–Crippen LogP) is 0.0441. The second kappa shape index (κ2) is 6.33. The lowest BCUT2D eigenvalue weighted by atomic mass is 10.1. The van der Waals surface area contributed by atoms with Gasteiger partial charge >= 0.3 is 0 Å². The fraction of sp³-hybridized carbons (Fsp3) is 0.385. The van der Waals surface area contributed by atoms with Gasteiger partial charge in [0.1, 0.15) is 0 Å². The molecule has 2 rings (SSSR count). The molecule has 1 aromatic carbocycles. The van der Waals surface area contributed by atoms with Crippen LogP contribution >= 0.6 is 0 Å². The minimum absolute atomic E-state index is 0.152. The van der Waals surface area contributed by atoms with Crippen molar-refractivity contribution in [2.24, 2.45) is 5.14 Å². The summed E-state index contributed by atoms with van der Waals surface area (Å²) >= 11 is 0. The minimum atomic E-state index is -3.67. The standard InChI is InChI=1S/C13H19N5O2S/c1-10-7-11(3-4-13(10)21(14,19)20)8-18-9-12(16-17-18)5-6-15-2/h3-4,7,9,15H,5-6,8H2,1-2H3,(H2,14,19,20). The fourth-order valence-electron chi connectivity index (χ4n) is 2.10. The van der Waals surface area contributed by atoms with Gasteiger partial charge in [0, 0.05) is 19.2 Å². The zero-order chi connectivity index (χ0) is 15.5. The quantitative estimate of drug-likeness (QED) is 0.784. The van der Waals surface area contributed by atoms with Gasteiger partial charge in [-0.3, -0.25) is 0 Å². The Kier molecular flexibility index (Phi) is 4.71. The van der Waals surface area contributed by atoms with Gasteiger partial charge in [-0.1, -0.05) is 17.3 Å². The van der Waals surface area contributed by atoms with Gasteiger partial charge < -0.3 is 5.32 Å². The Hall–Kier alpha value is -1.77. The highest BCUT2D eigenvalue weighted by molar-refractivity contribution is 7.89. The van der Waals surface area contributed by atoms with Crippen LogP contribution in [-0.2, 0) is 23.0 Å². The molecule has 7 nitrogen and oxygen atoms in total. The van der Waals surface area contributed by atoms with Gasteiger partial charge in [0.05, 0.1) is 17.1 Å². The van der Waals surface area contributed by atoms with Crippen molar-refractivity contribution in [3.8, 4) is 0 Å². The van der Waals surface area contributed by atoms with Gasteiger partial charge in [0.2, 0.25) is 10.0 Å². The molecule has 0 aliphatic carbocycles. The first-order valence-electron chi connectivity index (χ1n) is 6.56. The molecule has 0 spiro atoms. The first-order chi connectivity index (χ1) is 9.90. The topological polar surface area (TPSA) is 103 Å². The largest absolute Gasteiger partial charge is 0.319 e. The maximum Gasteiger partial charge on any atom is 0.238 e. The number of aromatic nitrogens is 3. The third-order valence-corrected chi connectivity index (χ3v) is 4.18. The van der Waals surface area contributed by atoms with Gasteiger partial charge in [-0.05, 0) is 31.2 Å². The van der Waals surface area contributed by atoms with Crippen LogP contribution in [0.2, 0.25) is 0 Å². The van der Waals surface area contributed by atoms with Crippen molar-refractivity contribution in [2.75, 3.05) is 13.6 Å². The lowest BCUT2D eigenvalue weighted by Gasteiger charge is -2.06. The van der Waals surface area contributed by atoms with E-state index in [1.54, 1.807) is 23.7 Å². The summed E-state index contributed by atoms with van der Waals surface area (Å²) in [5, 5.41) is 16.4. The van der Waals surface area contributed by atoms with E-state index >= 15 is 0 Å². The van der Waals surface area contributed by atoms with Crippen LogP contribution in [-0.4, -0.2) is 37.0 Å². The first kappa shape index (κ1) is 15.6. The second-order valence-corrected chi connectivity index (χ2v) is 6.44. The molecule has 0 unspecified atom stereocenters. The fourth-order valence-corrected chi connectivity index (χ4v) is 2.87. The van der Waals surface area contributed by atoms with Crippen molar-refractivity contribution in [2.45, 2.75) is 24.8 Å². The molecule has 0 fully saturated rings. The lowest BCUT2D eigenvalue weighted by Crippen LogP contribution is -2.14. The molecular formula is C13H19N5O2S. The normalized spacial score (nSPS) is 11.8. The number of nitrogens with zero attached hydrogens (tertiary/aromatic N) is 3. The third-order valence-electron chi connectivity index (χ3n) is 3.11. The molecule has 0 aliphatic heterocycles. The van der Waals surface area contributed by atoms with E-state index in [1.165, 1.54) is 6.07 Å². The van der Waals surface area contributed by atoms with Crippen LogP contribution in [0.5, 0.6) is 0 Å². The number of sulfonamides is 1. The number of hydrogen-bond donors (Lipinski definition) is 2. The summed E-state index contributed by atoms with van der Waals surface area (Å²) in [5.74, 6) is 0. The van der Waals surface area contributed by atoms with Crippen molar-refractivity contribution >= 4 is 10.0 Å². The lowest BCUT2D eigenvalue weighted by molar-refractivity contribution is 0.597. The van der Waals surface area contributed by atoms with E-state index in [4.69, 9.17) is 5.14 Å². The van der Waals surface area contributed by atoms with Crippen LogP contribution in [0.15, 0.2) is 29.3 Å². The number of benzene rings is 1. The van der Waals surface area contributed by atoms with Crippen LogP contribution in [0.3, 0.4) is 0 Å². The van der Waals surface area contributed by atoms with Crippen LogP contribution in [0, 0.1) is 6.92 Å². The average molecular weight is 309 g/mol. The van der Waals surface area contributed by atoms with Gasteiger partial charge in [0.25, 0.3) is 0 Å². The zero-order valence-corrected chi connectivity index (χ0v) is 12.9. The number of likely N-dealkylation sites (N-methyl/N-ethyl adjacent to an activating group) is 1. The summed E-state index contributed by atoms with van der Waals surface area (Å²) < 4.78 is 24.5. The smallest absolute Gasteiger partial charge is 0.238 e. The van der Waals surface area contributed by atoms with Crippen LogP contribution < -0.4 is 10.5 Å². The molecule has 0 amide bonds. The van der Waals surface area contributed by atoms with Crippen molar-refractivity contribution < 1.29 is 8.42 Å². The summed E-state index contributed by atoms with van der Waals surface area (Å²) in [4.78, 5) is 0.152. The molecule has 2 aromatic rings. The Balaban J connectivity index is 2.13. The van der Waals surface area contributed by atoms with Gasteiger partial charge in [-0.2, -0.15) is 0 Å². The van der Waals surface area contributed by atoms with Crippen molar-refractivity contribution in [3.63, 3.8) is 0 Å². The van der Waals surface area contributed by atoms with Crippen molar-refractivity contribution in [1.29, 1.82) is 0 Å². The molecule has 0 bridgehead atoms. The molecule has 0 atom stereocenters. The van der Waals surface area contributed by atoms with Crippen molar-refractivity contribution in [1.82, 2.24) is 20.3 Å². The van der Waals surface area contributed by atoms with Gasteiger partial charge in [0.15, 0.2) is 0 Å². The number of nitrogens with one attached hydrogen (secondary N) is 1. The number of primary sulfonamides is 1. The van der Waals surface area contributed by atoms with E-state index in [1.807, 2.05) is 13.2 Å². The Morgan fingerprint density at radius 1 is 1.38 bits per heavy atom. The molecule has 21 heavy (non-hydrogen) atoms. The molecule has 114 valence electrons. The Morgan fingerprint density at radius 2 is 2.14 bits per heavy atom. The van der Waals surface area contributed by atoms with Crippen molar-refractivity contribution in [3.05, 3.63) is 41.2 Å². The molecule has 0 aliphatic rings. The molecule has 3 N–H and O–H groups in total. The Labute approximate surface area is 124 Å². The van der Waals surface area contributed by atoms with E-state index in [9.17, 15) is 8.42 Å². The molecule has 0 radical (unpaired) electrons. The Morgan fingerprint density at radius 3 is 2.76 bits per heavy atom. The van der Waals surface area contributed by atoms with E-state index < -0.39 is 10.0 Å². The highest BCUT2D eigenvalue weighted by Gasteiger charge is 2.11. The molecule has 0 saturated carbocycles. The monoisotopic (exact) mass is 309 g/mol. The molecule has 8 heteroatoms. The second-order valence-electron chi connectivity index (χ2n) is 4.91. The first-order valence-corrected chi connectivity index (χ1v) is 8.10. The maximum absolute atomic E-state index is 11.4. The summed E-state index contributed by atoms with van der Waals surface area (Å²) in [7, 11) is -1.78.